The number of thiophene rings is 1. The fourth-order valence-corrected chi connectivity index (χ4v) is 4.75. The lowest BCUT2D eigenvalue weighted by atomic mass is 10.1. The van der Waals surface area contributed by atoms with Crippen LogP contribution in [0, 0.1) is 0 Å². The maximum absolute atomic E-state index is 12.2. The van der Waals surface area contributed by atoms with Crippen molar-refractivity contribution < 1.29 is 4.79 Å². The van der Waals surface area contributed by atoms with Gasteiger partial charge in [-0.05, 0) is 24.1 Å². The number of nitrogens with zero attached hydrogens (tertiary/aromatic N) is 4. The molecule has 0 bridgehead atoms. The molecule has 4 rings (SSSR count). The summed E-state index contributed by atoms with van der Waals surface area (Å²) in [5.74, 6) is 0.933. The number of carbonyl (C=O) groups is 1. The second-order valence-corrected chi connectivity index (χ2v) is 8.38. The lowest BCUT2D eigenvalue weighted by molar-refractivity contribution is -0.118. The van der Waals surface area contributed by atoms with E-state index in [1.165, 1.54) is 28.7 Å². The van der Waals surface area contributed by atoms with Gasteiger partial charge >= 0.3 is 0 Å². The number of aromatic nitrogens is 4. The molecule has 3 aromatic heterocycles. The number of anilines is 1. The van der Waals surface area contributed by atoms with Crippen molar-refractivity contribution >= 4 is 44.9 Å². The molecule has 1 aromatic carbocycles. The van der Waals surface area contributed by atoms with Gasteiger partial charge < -0.3 is 15.6 Å². The van der Waals surface area contributed by atoms with E-state index in [0.29, 0.717) is 23.2 Å². The zero-order valence-corrected chi connectivity index (χ0v) is 17.5. The van der Waals surface area contributed by atoms with Crippen LogP contribution >= 0.6 is 23.1 Å². The van der Waals surface area contributed by atoms with Gasteiger partial charge in [0.1, 0.15) is 4.83 Å². The van der Waals surface area contributed by atoms with Crippen LogP contribution in [0.15, 0.2) is 53.8 Å². The second-order valence-electron chi connectivity index (χ2n) is 6.44. The zero-order valence-electron chi connectivity index (χ0n) is 15.8. The number of nitrogens with two attached hydrogens (primary N) is 1. The van der Waals surface area contributed by atoms with Crippen molar-refractivity contribution in [2.75, 3.05) is 18.0 Å². The summed E-state index contributed by atoms with van der Waals surface area (Å²) in [6, 6.07) is 13.9. The van der Waals surface area contributed by atoms with Crippen LogP contribution in [-0.4, -0.2) is 38.0 Å². The minimum absolute atomic E-state index is 0.0268. The van der Waals surface area contributed by atoms with Crippen LogP contribution < -0.4 is 11.1 Å². The predicted octanol–water partition coefficient (Wildman–Crippen LogP) is 3.13. The molecule has 0 spiro atoms. The van der Waals surface area contributed by atoms with Gasteiger partial charge in [0.25, 0.3) is 0 Å². The van der Waals surface area contributed by atoms with Crippen molar-refractivity contribution in [1.82, 2.24) is 25.1 Å². The van der Waals surface area contributed by atoms with Gasteiger partial charge in [-0.15, -0.1) is 21.5 Å². The molecule has 3 N–H and O–H groups in total. The maximum Gasteiger partial charge on any atom is 0.230 e. The minimum atomic E-state index is -0.0268. The Morgan fingerprint density at radius 1 is 1.21 bits per heavy atom. The highest BCUT2D eigenvalue weighted by atomic mass is 32.2. The molecule has 0 fully saturated rings. The number of pyridine rings is 1. The van der Waals surface area contributed by atoms with Crippen molar-refractivity contribution in [1.29, 1.82) is 0 Å². The Kier molecular flexibility index (Phi) is 5.77. The molecule has 0 saturated heterocycles. The van der Waals surface area contributed by atoms with E-state index < -0.39 is 0 Å². The molecule has 0 unspecified atom stereocenters. The highest BCUT2D eigenvalue weighted by molar-refractivity contribution is 7.99. The monoisotopic (exact) mass is 424 g/mol. The maximum atomic E-state index is 12.2. The third kappa shape index (κ3) is 4.25. The highest BCUT2D eigenvalue weighted by Crippen LogP contribution is 2.39. The summed E-state index contributed by atoms with van der Waals surface area (Å²) in [4.78, 5) is 18.2. The SMILES string of the molecule is Cn1c(SCC(=O)NCCc2ccccc2)nnc1-c1sc2ncccc2c1N. The molecule has 0 aliphatic heterocycles. The number of hydrogen-bond donors (Lipinski definition) is 2. The average molecular weight is 425 g/mol. The standard InChI is InChI=1S/C20H20N6OS2/c1-26-18(17-16(21)14-8-5-10-23-19(14)29-17)24-25-20(26)28-12-15(27)22-11-9-13-6-3-2-4-7-13/h2-8,10H,9,11-12,21H2,1H3,(H,22,27). The third-order valence-corrected chi connectivity index (χ3v) is 6.60. The Morgan fingerprint density at radius 3 is 2.83 bits per heavy atom. The van der Waals surface area contributed by atoms with E-state index in [1.807, 2.05) is 41.9 Å². The molecule has 0 saturated carbocycles. The molecule has 29 heavy (non-hydrogen) atoms. The molecule has 0 radical (unpaired) electrons. The van der Waals surface area contributed by atoms with E-state index in [2.05, 4.69) is 32.6 Å². The van der Waals surface area contributed by atoms with E-state index in [-0.39, 0.29) is 11.7 Å². The summed E-state index contributed by atoms with van der Waals surface area (Å²) >= 11 is 2.85. The molecule has 3 heterocycles. The van der Waals surface area contributed by atoms with E-state index in [0.717, 1.165) is 21.5 Å². The largest absolute Gasteiger partial charge is 0.397 e. The Labute approximate surface area is 176 Å². The molecule has 148 valence electrons. The molecule has 0 atom stereocenters. The molecule has 0 aliphatic rings. The Morgan fingerprint density at radius 2 is 2.03 bits per heavy atom. The number of carbonyl (C=O) groups excluding carboxylic acids is 1. The lowest BCUT2D eigenvalue weighted by Gasteiger charge is -2.06. The van der Waals surface area contributed by atoms with Crippen LogP contribution in [0.2, 0.25) is 0 Å². The summed E-state index contributed by atoms with van der Waals surface area (Å²) < 4.78 is 1.86. The quantitative estimate of drug-likeness (QED) is 0.442. The first-order valence-corrected chi connectivity index (χ1v) is 10.9. The molecule has 7 nitrogen and oxygen atoms in total. The zero-order chi connectivity index (χ0) is 20.2. The number of thioether (sulfide) groups is 1. The van der Waals surface area contributed by atoms with E-state index in [4.69, 9.17) is 5.73 Å². The van der Waals surface area contributed by atoms with Gasteiger partial charge in [-0.2, -0.15) is 0 Å². The number of nitrogen functional groups attached to an aromatic ring is 1. The van der Waals surface area contributed by atoms with Crippen LogP contribution in [-0.2, 0) is 18.3 Å². The van der Waals surface area contributed by atoms with Crippen LogP contribution in [0.1, 0.15) is 5.56 Å². The van der Waals surface area contributed by atoms with Crippen LogP contribution in [0.4, 0.5) is 5.69 Å². The van der Waals surface area contributed by atoms with Crippen molar-refractivity contribution in [3.63, 3.8) is 0 Å². The van der Waals surface area contributed by atoms with Gasteiger partial charge in [-0.25, -0.2) is 4.98 Å². The average Bonchev–Trinajstić information content (AvgIpc) is 3.27. The number of hydrogen-bond acceptors (Lipinski definition) is 7. The first kappa shape index (κ1) is 19.4. The van der Waals surface area contributed by atoms with E-state index >= 15 is 0 Å². The number of nitrogens with one attached hydrogen (secondary N) is 1. The highest BCUT2D eigenvalue weighted by Gasteiger charge is 2.19. The van der Waals surface area contributed by atoms with Crippen molar-refractivity contribution in [2.24, 2.45) is 7.05 Å². The first-order chi connectivity index (χ1) is 14.1. The first-order valence-electron chi connectivity index (χ1n) is 9.09. The van der Waals surface area contributed by atoms with Gasteiger partial charge in [0.05, 0.1) is 16.3 Å². The third-order valence-electron chi connectivity index (χ3n) is 4.45. The summed E-state index contributed by atoms with van der Waals surface area (Å²) in [7, 11) is 1.88. The number of rotatable bonds is 7. The molecular weight excluding hydrogens is 404 g/mol. The fraction of sp³-hybridized carbons (Fsp3) is 0.200. The van der Waals surface area contributed by atoms with Gasteiger partial charge in [-0.3, -0.25) is 4.79 Å². The molecule has 1 amide bonds. The summed E-state index contributed by atoms with van der Waals surface area (Å²) in [6.07, 6.45) is 2.56. The Bertz CT molecular complexity index is 1140. The van der Waals surface area contributed by atoms with Crippen molar-refractivity contribution in [3.8, 4) is 10.7 Å². The van der Waals surface area contributed by atoms with Gasteiger partial charge in [0.15, 0.2) is 11.0 Å². The lowest BCUT2D eigenvalue weighted by Crippen LogP contribution is -2.27. The molecule has 4 aromatic rings. The van der Waals surface area contributed by atoms with E-state index in [1.54, 1.807) is 6.20 Å². The number of fused-ring (bicyclic) bond motifs is 1. The summed E-state index contributed by atoms with van der Waals surface area (Å²) in [5.41, 5.74) is 8.15. The smallest absolute Gasteiger partial charge is 0.230 e. The summed E-state index contributed by atoms with van der Waals surface area (Å²) in [6.45, 7) is 0.610. The predicted molar refractivity (Wildman–Crippen MR) is 118 cm³/mol. The molecule has 0 aliphatic carbocycles. The van der Waals surface area contributed by atoms with Crippen molar-refractivity contribution in [2.45, 2.75) is 11.6 Å². The number of benzene rings is 1. The van der Waals surface area contributed by atoms with Crippen LogP contribution in [0.25, 0.3) is 20.9 Å². The molecular formula is C20H20N6OS2. The van der Waals surface area contributed by atoms with Gasteiger partial charge in [-0.1, -0.05) is 42.1 Å². The van der Waals surface area contributed by atoms with E-state index in [9.17, 15) is 4.79 Å². The van der Waals surface area contributed by atoms with Gasteiger partial charge in [0, 0.05) is 25.2 Å². The van der Waals surface area contributed by atoms with Gasteiger partial charge in [0.2, 0.25) is 5.91 Å². The second kappa shape index (κ2) is 8.62. The fourth-order valence-electron chi connectivity index (χ4n) is 2.93. The Balaban J connectivity index is 1.37. The van der Waals surface area contributed by atoms with Crippen LogP contribution in [0.3, 0.4) is 0 Å². The summed E-state index contributed by atoms with van der Waals surface area (Å²) in [5, 5.41) is 13.0. The topological polar surface area (TPSA) is 98.7 Å². The Hall–Kier alpha value is -2.91. The minimum Gasteiger partial charge on any atom is -0.397 e. The van der Waals surface area contributed by atoms with Crippen molar-refractivity contribution in [3.05, 3.63) is 54.2 Å². The number of amides is 1. The molecule has 9 heteroatoms. The van der Waals surface area contributed by atoms with Crippen LogP contribution in [0.5, 0.6) is 0 Å². The normalized spacial score (nSPS) is 11.1.